The minimum Gasteiger partial charge on any atom is -0.325 e. The molecule has 0 unspecified atom stereocenters. The molecule has 3 rings (SSSR count). The lowest BCUT2D eigenvalue weighted by molar-refractivity contribution is 0.601. The summed E-state index contributed by atoms with van der Waals surface area (Å²) < 4.78 is 2.29. The summed E-state index contributed by atoms with van der Waals surface area (Å²) in [5.74, 6) is 1.05. The predicted molar refractivity (Wildman–Crippen MR) is 74.9 cm³/mol. The van der Waals surface area contributed by atoms with Gasteiger partial charge in [-0.2, -0.15) is 0 Å². The van der Waals surface area contributed by atoms with Crippen LogP contribution in [0.3, 0.4) is 0 Å². The van der Waals surface area contributed by atoms with Gasteiger partial charge in [0.2, 0.25) is 0 Å². The highest BCUT2D eigenvalue weighted by molar-refractivity contribution is 6.02. The third-order valence-corrected chi connectivity index (χ3v) is 3.36. The zero-order chi connectivity index (χ0) is 12.9. The second-order valence-corrected chi connectivity index (χ2v) is 5.14. The maximum atomic E-state index is 4.61. The zero-order valence-electron chi connectivity index (χ0n) is 11.2. The van der Waals surface area contributed by atoms with Crippen molar-refractivity contribution in [1.29, 1.82) is 0 Å². The molecule has 1 aromatic carbocycles. The van der Waals surface area contributed by atoms with Crippen LogP contribution in [0.5, 0.6) is 0 Å². The van der Waals surface area contributed by atoms with E-state index in [1.165, 1.54) is 16.5 Å². The Bertz CT molecular complexity index is 738. The molecule has 92 valence electrons. The number of aryl methyl sites for hydroxylation is 2. The van der Waals surface area contributed by atoms with E-state index in [4.69, 9.17) is 0 Å². The largest absolute Gasteiger partial charge is 0.325 e. The van der Waals surface area contributed by atoms with Gasteiger partial charge in [-0.25, -0.2) is 4.98 Å². The van der Waals surface area contributed by atoms with Gasteiger partial charge in [0, 0.05) is 11.4 Å². The molecule has 0 atom stereocenters. The zero-order valence-corrected chi connectivity index (χ0v) is 11.2. The summed E-state index contributed by atoms with van der Waals surface area (Å²) >= 11 is 0. The van der Waals surface area contributed by atoms with Crippen molar-refractivity contribution in [3.8, 4) is 0 Å². The molecular formula is C15H17N3. The van der Waals surface area contributed by atoms with E-state index in [2.05, 4.69) is 60.4 Å². The lowest BCUT2D eigenvalue weighted by Crippen LogP contribution is -2.03. The number of imidazole rings is 1. The summed E-state index contributed by atoms with van der Waals surface area (Å²) in [6.45, 7) is 8.55. The van der Waals surface area contributed by atoms with Crippen LogP contribution in [0.1, 0.15) is 31.3 Å². The van der Waals surface area contributed by atoms with Gasteiger partial charge in [0.1, 0.15) is 11.3 Å². The van der Waals surface area contributed by atoms with Crippen molar-refractivity contribution in [2.75, 3.05) is 0 Å². The second-order valence-electron chi connectivity index (χ2n) is 5.14. The summed E-state index contributed by atoms with van der Waals surface area (Å²) in [6.07, 6.45) is 1.87. The molecule has 0 saturated carbocycles. The van der Waals surface area contributed by atoms with Crippen molar-refractivity contribution in [2.45, 2.75) is 33.7 Å². The summed E-state index contributed by atoms with van der Waals surface area (Å²) in [4.78, 5) is 9.10. The molecule has 18 heavy (non-hydrogen) atoms. The Morgan fingerprint density at radius 2 is 1.89 bits per heavy atom. The van der Waals surface area contributed by atoms with Gasteiger partial charge in [-0.3, -0.25) is 4.98 Å². The van der Waals surface area contributed by atoms with E-state index in [0.717, 1.165) is 16.9 Å². The van der Waals surface area contributed by atoms with Crippen molar-refractivity contribution >= 4 is 21.9 Å². The van der Waals surface area contributed by atoms with Crippen molar-refractivity contribution in [2.24, 2.45) is 0 Å². The third-order valence-electron chi connectivity index (χ3n) is 3.36. The Hall–Kier alpha value is -1.90. The Kier molecular flexibility index (Phi) is 2.37. The lowest BCUT2D eigenvalue weighted by Gasteiger charge is -2.12. The first-order valence-corrected chi connectivity index (χ1v) is 6.32. The van der Waals surface area contributed by atoms with Gasteiger partial charge in [0.05, 0.1) is 17.2 Å². The van der Waals surface area contributed by atoms with Crippen molar-refractivity contribution in [3.05, 3.63) is 35.8 Å². The van der Waals surface area contributed by atoms with Crippen LogP contribution in [0.15, 0.2) is 24.4 Å². The van der Waals surface area contributed by atoms with Gasteiger partial charge in [-0.1, -0.05) is 11.6 Å². The minimum absolute atomic E-state index is 0.404. The molecular weight excluding hydrogens is 222 g/mol. The number of fused-ring (bicyclic) bond motifs is 3. The molecule has 3 aromatic rings. The number of hydrogen-bond donors (Lipinski definition) is 0. The smallest absolute Gasteiger partial charge is 0.108 e. The summed E-state index contributed by atoms with van der Waals surface area (Å²) in [6, 6.07) is 6.78. The van der Waals surface area contributed by atoms with Crippen LogP contribution >= 0.6 is 0 Å². The highest BCUT2D eigenvalue weighted by atomic mass is 15.1. The number of rotatable bonds is 1. The molecule has 0 fully saturated rings. The van der Waals surface area contributed by atoms with Gasteiger partial charge in [0.15, 0.2) is 0 Å². The molecule has 0 spiro atoms. The van der Waals surface area contributed by atoms with Crippen LogP contribution in [0.4, 0.5) is 0 Å². The standard InChI is InChI=1S/C15H17N3/c1-9(2)18-11(4)17-14-8-16-13-6-5-10(3)7-12(13)15(14)18/h5-9H,1-4H3. The Morgan fingerprint density at radius 3 is 2.61 bits per heavy atom. The first kappa shape index (κ1) is 11.2. The van der Waals surface area contributed by atoms with Crippen LogP contribution < -0.4 is 0 Å². The van der Waals surface area contributed by atoms with E-state index in [1.54, 1.807) is 0 Å². The maximum Gasteiger partial charge on any atom is 0.108 e. The molecule has 0 N–H and O–H groups in total. The molecule has 0 radical (unpaired) electrons. The minimum atomic E-state index is 0.404. The molecule has 0 aliphatic heterocycles. The fourth-order valence-corrected chi connectivity index (χ4v) is 2.64. The topological polar surface area (TPSA) is 30.7 Å². The molecule has 3 nitrogen and oxygen atoms in total. The van der Waals surface area contributed by atoms with E-state index < -0.39 is 0 Å². The first-order chi connectivity index (χ1) is 8.58. The Labute approximate surface area is 106 Å². The second kappa shape index (κ2) is 3.80. The number of benzene rings is 1. The molecule has 2 heterocycles. The highest BCUT2D eigenvalue weighted by Gasteiger charge is 2.13. The van der Waals surface area contributed by atoms with Crippen molar-refractivity contribution < 1.29 is 0 Å². The average molecular weight is 239 g/mol. The summed E-state index contributed by atoms with van der Waals surface area (Å²) in [7, 11) is 0. The SMILES string of the molecule is Cc1ccc2ncc3nc(C)n(C(C)C)c3c2c1. The van der Waals surface area contributed by atoms with E-state index >= 15 is 0 Å². The van der Waals surface area contributed by atoms with Crippen molar-refractivity contribution in [1.82, 2.24) is 14.5 Å². The van der Waals surface area contributed by atoms with Crippen LogP contribution in [-0.4, -0.2) is 14.5 Å². The number of pyridine rings is 1. The van der Waals surface area contributed by atoms with Gasteiger partial charge in [0.25, 0.3) is 0 Å². The quantitative estimate of drug-likeness (QED) is 0.647. The Morgan fingerprint density at radius 1 is 1.11 bits per heavy atom. The monoisotopic (exact) mass is 239 g/mol. The van der Waals surface area contributed by atoms with E-state index in [1.807, 2.05) is 6.20 Å². The molecule has 0 amide bonds. The first-order valence-electron chi connectivity index (χ1n) is 6.32. The normalized spacial score (nSPS) is 11.8. The summed E-state index contributed by atoms with van der Waals surface area (Å²) in [5, 5.41) is 1.20. The van der Waals surface area contributed by atoms with Gasteiger partial charge < -0.3 is 4.57 Å². The molecule has 0 aliphatic carbocycles. The van der Waals surface area contributed by atoms with Crippen LogP contribution in [0.2, 0.25) is 0 Å². The molecule has 0 bridgehead atoms. The lowest BCUT2D eigenvalue weighted by atomic mass is 10.1. The van der Waals surface area contributed by atoms with Crippen molar-refractivity contribution in [3.63, 3.8) is 0 Å². The van der Waals surface area contributed by atoms with Gasteiger partial charge >= 0.3 is 0 Å². The van der Waals surface area contributed by atoms with Gasteiger partial charge in [-0.05, 0) is 39.8 Å². The highest BCUT2D eigenvalue weighted by Crippen LogP contribution is 2.27. The predicted octanol–water partition coefficient (Wildman–Crippen LogP) is 3.78. The van der Waals surface area contributed by atoms with E-state index in [-0.39, 0.29) is 0 Å². The Balaban J connectivity index is 2.55. The van der Waals surface area contributed by atoms with Crippen LogP contribution in [0.25, 0.3) is 21.9 Å². The van der Waals surface area contributed by atoms with E-state index in [9.17, 15) is 0 Å². The fourth-order valence-electron chi connectivity index (χ4n) is 2.64. The molecule has 0 aliphatic rings. The summed E-state index contributed by atoms with van der Waals surface area (Å²) in [5.41, 5.74) is 4.48. The maximum absolute atomic E-state index is 4.61. The third kappa shape index (κ3) is 1.50. The van der Waals surface area contributed by atoms with Crippen LogP contribution in [-0.2, 0) is 0 Å². The molecule has 2 aromatic heterocycles. The van der Waals surface area contributed by atoms with Crippen LogP contribution in [0, 0.1) is 13.8 Å². The molecule has 3 heteroatoms. The number of nitrogens with zero attached hydrogens (tertiary/aromatic N) is 3. The average Bonchev–Trinajstić information content (AvgIpc) is 2.65. The van der Waals surface area contributed by atoms with Gasteiger partial charge in [-0.15, -0.1) is 0 Å². The fraction of sp³-hybridized carbons (Fsp3) is 0.333. The number of aromatic nitrogens is 3. The molecule has 0 saturated heterocycles. The van der Waals surface area contributed by atoms with E-state index in [0.29, 0.717) is 6.04 Å². The number of hydrogen-bond acceptors (Lipinski definition) is 2.